The number of aryl methyl sites for hydroxylation is 1. The highest BCUT2D eigenvalue weighted by Gasteiger charge is 2.30. The molecule has 1 nitrogen and oxygen atoms in total. The summed E-state index contributed by atoms with van der Waals surface area (Å²) in [5, 5.41) is 3.32. The van der Waals surface area contributed by atoms with Crippen LogP contribution in [-0.2, 0) is 11.8 Å². The molecule has 0 aliphatic carbocycles. The van der Waals surface area contributed by atoms with Gasteiger partial charge in [0.1, 0.15) is 5.82 Å². The van der Waals surface area contributed by atoms with Crippen LogP contribution in [0.1, 0.15) is 30.0 Å². The molecule has 1 N–H and O–H groups in total. The van der Waals surface area contributed by atoms with Crippen molar-refractivity contribution in [3.8, 4) is 0 Å². The molecule has 0 radical (unpaired) electrons. The van der Waals surface area contributed by atoms with Crippen molar-refractivity contribution in [2.24, 2.45) is 0 Å². The summed E-state index contributed by atoms with van der Waals surface area (Å²) in [4.78, 5) is 0. The molecule has 0 saturated heterocycles. The Morgan fingerprint density at radius 1 is 1.10 bits per heavy atom. The van der Waals surface area contributed by atoms with E-state index in [9.17, 15) is 4.39 Å². The number of rotatable bonds is 6. The van der Waals surface area contributed by atoms with Crippen LogP contribution in [-0.4, -0.2) is 13.6 Å². The standard InChI is InChI=1S/C19H24FN/c1-4-19(14-21-3,17-8-6-5-7-9-17)13-16-12-18(20)11-10-15(16)2/h5-12,21H,4,13-14H2,1-3H3. The smallest absolute Gasteiger partial charge is 0.123 e. The molecule has 21 heavy (non-hydrogen) atoms. The maximum atomic E-state index is 13.6. The summed E-state index contributed by atoms with van der Waals surface area (Å²) in [6.45, 7) is 5.14. The van der Waals surface area contributed by atoms with Crippen molar-refractivity contribution in [2.45, 2.75) is 32.1 Å². The Labute approximate surface area is 127 Å². The number of hydrogen-bond donors (Lipinski definition) is 1. The molecule has 2 aromatic rings. The van der Waals surface area contributed by atoms with Gasteiger partial charge in [-0.05, 0) is 55.6 Å². The van der Waals surface area contributed by atoms with Crippen LogP contribution < -0.4 is 5.32 Å². The Kier molecular flexibility index (Phi) is 5.13. The molecule has 1 unspecified atom stereocenters. The Hall–Kier alpha value is -1.67. The van der Waals surface area contributed by atoms with Crippen LogP contribution in [0.3, 0.4) is 0 Å². The van der Waals surface area contributed by atoms with Gasteiger partial charge < -0.3 is 5.32 Å². The van der Waals surface area contributed by atoms with Crippen LogP contribution >= 0.6 is 0 Å². The molecule has 0 spiro atoms. The monoisotopic (exact) mass is 285 g/mol. The molecule has 0 saturated carbocycles. The predicted molar refractivity (Wildman–Crippen MR) is 87.2 cm³/mol. The molecule has 112 valence electrons. The van der Waals surface area contributed by atoms with E-state index in [1.165, 1.54) is 11.6 Å². The third kappa shape index (κ3) is 3.51. The zero-order valence-electron chi connectivity index (χ0n) is 13.1. The lowest BCUT2D eigenvalue weighted by molar-refractivity contribution is 0.389. The lowest BCUT2D eigenvalue weighted by Crippen LogP contribution is -2.38. The molecular formula is C19H24FN. The van der Waals surface area contributed by atoms with Gasteiger partial charge in [-0.25, -0.2) is 4.39 Å². The summed E-state index contributed by atoms with van der Waals surface area (Å²) in [5.74, 6) is -0.155. The van der Waals surface area contributed by atoms with Crippen LogP contribution in [0.15, 0.2) is 48.5 Å². The first-order chi connectivity index (χ1) is 10.1. The largest absolute Gasteiger partial charge is 0.319 e. The molecule has 0 amide bonds. The fourth-order valence-electron chi connectivity index (χ4n) is 3.05. The number of halogens is 1. The highest BCUT2D eigenvalue weighted by Crippen LogP contribution is 2.32. The van der Waals surface area contributed by atoms with Crippen molar-refractivity contribution in [3.63, 3.8) is 0 Å². The number of nitrogens with one attached hydrogen (secondary N) is 1. The van der Waals surface area contributed by atoms with Gasteiger partial charge in [0.25, 0.3) is 0 Å². The maximum Gasteiger partial charge on any atom is 0.123 e. The summed E-state index contributed by atoms with van der Waals surface area (Å²) in [5.41, 5.74) is 3.55. The van der Waals surface area contributed by atoms with E-state index in [1.54, 1.807) is 6.07 Å². The third-order valence-corrected chi connectivity index (χ3v) is 4.42. The van der Waals surface area contributed by atoms with Gasteiger partial charge in [-0.2, -0.15) is 0 Å². The molecule has 0 fully saturated rings. The fraction of sp³-hybridized carbons (Fsp3) is 0.368. The van der Waals surface area contributed by atoms with Gasteiger partial charge in [0.05, 0.1) is 0 Å². The summed E-state index contributed by atoms with van der Waals surface area (Å²) in [6.07, 6.45) is 1.85. The van der Waals surface area contributed by atoms with Crippen LogP contribution in [0.2, 0.25) is 0 Å². The van der Waals surface area contributed by atoms with Gasteiger partial charge in [-0.15, -0.1) is 0 Å². The summed E-state index contributed by atoms with van der Waals surface area (Å²) in [6, 6.07) is 15.6. The fourth-order valence-corrected chi connectivity index (χ4v) is 3.05. The average molecular weight is 285 g/mol. The summed E-state index contributed by atoms with van der Waals surface area (Å²) in [7, 11) is 1.98. The second-order valence-corrected chi connectivity index (χ2v) is 5.78. The van der Waals surface area contributed by atoms with E-state index in [4.69, 9.17) is 0 Å². The minimum Gasteiger partial charge on any atom is -0.319 e. The number of hydrogen-bond acceptors (Lipinski definition) is 1. The second-order valence-electron chi connectivity index (χ2n) is 5.78. The van der Waals surface area contributed by atoms with E-state index in [0.29, 0.717) is 0 Å². The van der Waals surface area contributed by atoms with Crippen molar-refractivity contribution >= 4 is 0 Å². The quantitative estimate of drug-likeness (QED) is 0.837. The van der Waals surface area contributed by atoms with Crippen molar-refractivity contribution in [3.05, 3.63) is 71.0 Å². The van der Waals surface area contributed by atoms with Gasteiger partial charge in [-0.3, -0.25) is 0 Å². The zero-order valence-corrected chi connectivity index (χ0v) is 13.1. The molecular weight excluding hydrogens is 261 g/mol. The molecule has 0 aliphatic heterocycles. The van der Waals surface area contributed by atoms with E-state index in [1.807, 2.05) is 19.2 Å². The third-order valence-electron chi connectivity index (χ3n) is 4.42. The van der Waals surface area contributed by atoms with Crippen LogP contribution in [0, 0.1) is 12.7 Å². The Morgan fingerprint density at radius 3 is 2.43 bits per heavy atom. The predicted octanol–water partition coefficient (Wildman–Crippen LogP) is 4.24. The minimum absolute atomic E-state index is 0.00539. The lowest BCUT2D eigenvalue weighted by Gasteiger charge is -2.34. The van der Waals surface area contributed by atoms with Crippen LogP contribution in [0.5, 0.6) is 0 Å². The van der Waals surface area contributed by atoms with Gasteiger partial charge in [0, 0.05) is 12.0 Å². The average Bonchev–Trinajstić information content (AvgIpc) is 2.51. The van der Waals surface area contributed by atoms with E-state index in [2.05, 4.69) is 43.4 Å². The highest BCUT2D eigenvalue weighted by atomic mass is 19.1. The van der Waals surface area contributed by atoms with Gasteiger partial charge >= 0.3 is 0 Å². The van der Waals surface area contributed by atoms with E-state index in [0.717, 1.165) is 30.5 Å². The van der Waals surface area contributed by atoms with Crippen LogP contribution in [0.25, 0.3) is 0 Å². The van der Waals surface area contributed by atoms with Crippen molar-refractivity contribution < 1.29 is 4.39 Å². The molecule has 2 rings (SSSR count). The Morgan fingerprint density at radius 2 is 1.81 bits per heavy atom. The van der Waals surface area contributed by atoms with Crippen molar-refractivity contribution in [2.75, 3.05) is 13.6 Å². The maximum absolute atomic E-state index is 13.6. The number of benzene rings is 2. The topological polar surface area (TPSA) is 12.0 Å². The summed E-state index contributed by atoms with van der Waals surface area (Å²) >= 11 is 0. The first kappa shape index (κ1) is 15.7. The van der Waals surface area contributed by atoms with Crippen LogP contribution in [0.4, 0.5) is 4.39 Å². The molecule has 0 aliphatic rings. The Bertz CT molecular complexity index is 579. The first-order valence-corrected chi connectivity index (χ1v) is 7.56. The number of likely N-dealkylation sites (N-methyl/N-ethyl adjacent to an activating group) is 1. The first-order valence-electron chi connectivity index (χ1n) is 7.56. The van der Waals surface area contributed by atoms with E-state index in [-0.39, 0.29) is 11.2 Å². The zero-order chi connectivity index (χ0) is 15.3. The van der Waals surface area contributed by atoms with Gasteiger partial charge in [-0.1, -0.05) is 43.3 Å². The second kappa shape index (κ2) is 6.86. The minimum atomic E-state index is -0.155. The molecule has 0 bridgehead atoms. The molecule has 2 heteroatoms. The molecule has 0 heterocycles. The molecule has 0 aromatic heterocycles. The van der Waals surface area contributed by atoms with Crippen molar-refractivity contribution in [1.82, 2.24) is 5.32 Å². The van der Waals surface area contributed by atoms with Crippen molar-refractivity contribution in [1.29, 1.82) is 0 Å². The van der Waals surface area contributed by atoms with E-state index < -0.39 is 0 Å². The lowest BCUT2D eigenvalue weighted by atomic mass is 9.73. The normalized spacial score (nSPS) is 13.9. The molecule has 1 atom stereocenters. The summed E-state index contributed by atoms with van der Waals surface area (Å²) < 4.78 is 13.6. The highest BCUT2D eigenvalue weighted by molar-refractivity contribution is 5.34. The SMILES string of the molecule is CCC(CNC)(Cc1cc(F)ccc1C)c1ccccc1. The van der Waals surface area contributed by atoms with Gasteiger partial charge in [0.2, 0.25) is 0 Å². The molecule has 2 aromatic carbocycles. The Balaban J connectivity index is 2.43. The van der Waals surface area contributed by atoms with Gasteiger partial charge in [0.15, 0.2) is 0 Å². The van der Waals surface area contributed by atoms with E-state index >= 15 is 0 Å².